The number of carbonyl (C=O) groups excluding carboxylic acids is 2. The summed E-state index contributed by atoms with van der Waals surface area (Å²) in [6.07, 6.45) is -1.58. The second kappa shape index (κ2) is 7.90. The van der Waals surface area contributed by atoms with Gasteiger partial charge in [-0.05, 0) is 23.8 Å². The van der Waals surface area contributed by atoms with Gasteiger partial charge in [-0.1, -0.05) is 46.3 Å². The summed E-state index contributed by atoms with van der Waals surface area (Å²) in [5, 5.41) is 11.3. The Balaban J connectivity index is 1.99. The molecule has 6 nitrogen and oxygen atoms in total. The minimum Gasteiger partial charge on any atom is -0.375 e. The lowest BCUT2D eigenvalue weighted by molar-refractivity contribution is -0.164. The monoisotopic (exact) mass is 433 g/mol. The standard InChI is InChI=1S/C20H20BrNO5/c1-26-18(27-2)17(23)11-20(25)15-10-14(21)8-9-16(15)22(19(20)24)12-13-6-4-3-5-7-13/h3-10,18,25H,11-12H2,1-2H3/t20-/m1/s1. The maximum atomic E-state index is 13.2. The molecule has 2 aromatic rings. The number of nitrogens with zero attached hydrogens (tertiary/aromatic N) is 1. The van der Waals surface area contributed by atoms with Crippen LogP contribution in [-0.2, 0) is 31.2 Å². The van der Waals surface area contributed by atoms with E-state index in [1.165, 1.54) is 19.1 Å². The Morgan fingerprint density at radius 2 is 1.85 bits per heavy atom. The molecule has 0 aliphatic carbocycles. The third-order valence-corrected chi connectivity index (χ3v) is 5.09. The van der Waals surface area contributed by atoms with Gasteiger partial charge in [0.05, 0.1) is 18.7 Å². The van der Waals surface area contributed by atoms with Crippen molar-refractivity contribution in [2.45, 2.75) is 24.9 Å². The van der Waals surface area contributed by atoms with Crippen LogP contribution in [0.4, 0.5) is 5.69 Å². The quantitative estimate of drug-likeness (QED) is 0.679. The van der Waals surface area contributed by atoms with E-state index in [1.54, 1.807) is 18.2 Å². The average Bonchev–Trinajstić information content (AvgIpc) is 2.85. The second-order valence-electron chi connectivity index (χ2n) is 6.35. The third-order valence-electron chi connectivity index (χ3n) is 4.60. The number of Topliss-reactive ketones (excluding diaryl/α,β-unsaturated/α-hetero) is 1. The number of halogens is 1. The van der Waals surface area contributed by atoms with E-state index in [4.69, 9.17) is 9.47 Å². The van der Waals surface area contributed by atoms with Crippen LogP contribution < -0.4 is 4.90 Å². The van der Waals surface area contributed by atoms with Crippen LogP contribution in [0.3, 0.4) is 0 Å². The molecule has 3 rings (SSSR count). The molecule has 0 fully saturated rings. The Kier molecular flexibility index (Phi) is 5.76. The average molecular weight is 434 g/mol. The van der Waals surface area contributed by atoms with Crippen molar-refractivity contribution in [2.75, 3.05) is 19.1 Å². The number of methoxy groups -OCH3 is 2. The fourth-order valence-corrected chi connectivity index (χ4v) is 3.67. The number of amides is 1. The molecule has 2 aromatic carbocycles. The summed E-state index contributed by atoms with van der Waals surface area (Å²) in [6.45, 7) is 0.294. The highest BCUT2D eigenvalue weighted by atomic mass is 79.9. The number of hydrogen-bond donors (Lipinski definition) is 1. The third kappa shape index (κ3) is 3.68. The first-order valence-corrected chi connectivity index (χ1v) is 9.16. The lowest BCUT2D eigenvalue weighted by Crippen LogP contribution is -2.43. The molecule has 1 amide bonds. The number of anilines is 1. The topological polar surface area (TPSA) is 76.1 Å². The summed E-state index contributed by atoms with van der Waals surface area (Å²) in [6, 6.07) is 14.7. The molecule has 7 heteroatoms. The fourth-order valence-electron chi connectivity index (χ4n) is 3.31. The molecular weight excluding hydrogens is 414 g/mol. The smallest absolute Gasteiger partial charge is 0.264 e. The van der Waals surface area contributed by atoms with Gasteiger partial charge in [0.1, 0.15) is 0 Å². The largest absolute Gasteiger partial charge is 0.375 e. The molecule has 1 aliphatic rings. The van der Waals surface area contributed by atoms with Gasteiger partial charge in [0.2, 0.25) is 6.29 Å². The van der Waals surface area contributed by atoms with E-state index in [0.29, 0.717) is 22.3 Å². The molecule has 1 N–H and O–H groups in total. The van der Waals surface area contributed by atoms with Crippen LogP contribution in [0.15, 0.2) is 53.0 Å². The van der Waals surface area contributed by atoms with E-state index < -0.39 is 30.0 Å². The molecule has 27 heavy (non-hydrogen) atoms. The van der Waals surface area contributed by atoms with E-state index >= 15 is 0 Å². The van der Waals surface area contributed by atoms with Gasteiger partial charge < -0.3 is 19.5 Å². The molecule has 1 aliphatic heterocycles. The Morgan fingerprint density at radius 3 is 2.48 bits per heavy atom. The highest BCUT2D eigenvalue weighted by Crippen LogP contribution is 2.44. The van der Waals surface area contributed by atoms with Crippen LogP contribution >= 0.6 is 15.9 Å². The van der Waals surface area contributed by atoms with Gasteiger partial charge in [0.25, 0.3) is 5.91 Å². The van der Waals surface area contributed by atoms with Crippen molar-refractivity contribution in [1.82, 2.24) is 0 Å². The van der Waals surface area contributed by atoms with E-state index in [-0.39, 0.29) is 0 Å². The number of benzene rings is 2. The zero-order chi connectivity index (χ0) is 19.6. The van der Waals surface area contributed by atoms with Crippen molar-refractivity contribution in [2.24, 2.45) is 0 Å². The highest BCUT2D eigenvalue weighted by Gasteiger charge is 2.51. The number of rotatable bonds is 7. The molecule has 0 aromatic heterocycles. The van der Waals surface area contributed by atoms with Crippen LogP contribution in [0.1, 0.15) is 17.5 Å². The number of fused-ring (bicyclic) bond motifs is 1. The van der Waals surface area contributed by atoms with Gasteiger partial charge >= 0.3 is 0 Å². The molecule has 1 atom stereocenters. The van der Waals surface area contributed by atoms with Crippen LogP contribution in [0.25, 0.3) is 0 Å². The first-order chi connectivity index (χ1) is 12.9. The summed E-state index contributed by atoms with van der Waals surface area (Å²) in [5.74, 6) is -1.05. The second-order valence-corrected chi connectivity index (χ2v) is 7.26. The van der Waals surface area contributed by atoms with Gasteiger partial charge in [-0.15, -0.1) is 0 Å². The molecule has 0 unspecified atom stereocenters. The molecule has 142 valence electrons. The minimum absolute atomic E-state index is 0.294. The van der Waals surface area contributed by atoms with Gasteiger partial charge in [0, 0.05) is 24.3 Å². The lowest BCUT2D eigenvalue weighted by Gasteiger charge is -2.24. The highest BCUT2D eigenvalue weighted by molar-refractivity contribution is 9.10. The zero-order valence-corrected chi connectivity index (χ0v) is 16.6. The van der Waals surface area contributed by atoms with Gasteiger partial charge in [0.15, 0.2) is 11.4 Å². The first-order valence-electron chi connectivity index (χ1n) is 8.37. The van der Waals surface area contributed by atoms with E-state index in [9.17, 15) is 14.7 Å². The predicted octanol–water partition coefficient (Wildman–Crippen LogP) is 2.76. The van der Waals surface area contributed by atoms with Gasteiger partial charge in [-0.3, -0.25) is 9.59 Å². The Hall–Kier alpha value is -2.06. The summed E-state index contributed by atoms with van der Waals surface area (Å²) < 4.78 is 10.6. The van der Waals surface area contributed by atoms with Crippen molar-refractivity contribution in [3.63, 3.8) is 0 Å². The molecule has 0 radical (unpaired) electrons. The Labute approximate surface area is 165 Å². The number of hydrogen-bond acceptors (Lipinski definition) is 5. The Morgan fingerprint density at radius 1 is 1.19 bits per heavy atom. The van der Waals surface area contributed by atoms with Crippen molar-refractivity contribution in [3.8, 4) is 0 Å². The molecule has 0 saturated heterocycles. The molecule has 0 bridgehead atoms. The number of ether oxygens (including phenoxy) is 2. The van der Waals surface area contributed by atoms with Gasteiger partial charge in [-0.25, -0.2) is 0 Å². The number of aliphatic hydroxyl groups is 1. The van der Waals surface area contributed by atoms with Crippen molar-refractivity contribution < 1.29 is 24.2 Å². The van der Waals surface area contributed by atoms with Crippen molar-refractivity contribution in [3.05, 3.63) is 64.1 Å². The normalized spacial score (nSPS) is 18.9. The molecule has 1 heterocycles. The fraction of sp³-hybridized carbons (Fsp3) is 0.300. The minimum atomic E-state index is -1.97. The van der Waals surface area contributed by atoms with Crippen molar-refractivity contribution in [1.29, 1.82) is 0 Å². The Bertz CT molecular complexity index is 853. The van der Waals surface area contributed by atoms with Crippen LogP contribution in [0, 0.1) is 0 Å². The summed E-state index contributed by atoms with van der Waals surface area (Å²) in [4.78, 5) is 27.1. The van der Waals surface area contributed by atoms with Crippen LogP contribution in [0.2, 0.25) is 0 Å². The lowest BCUT2D eigenvalue weighted by atomic mass is 9.90. The van der Waals surface area contributed by atoms with Gasteiger partial charge in [-0.2, -0.15) is 0 Å². The van der Waals surface area contributed by atoms with Crippen molar-refractivity contribution >= 4 is 33.3 Å². The molecule has 0 saturated carbocycles. The first kappa shape index (κ1) is 19.7. The van der Waals surface area contributed by atoms with E-state index in [2.05, 4.69) is 15.9 Å². The van der Waals surface area contributed by atoms with E-state index in [1.807, 2.05) is 30.3 Å². The van der Waals surface area contributed by atoms with Crippen LogP contribution in [0.5, 0.6) is 0 Å². The van der Waals surface area contributed by atoms with Crippen LogP contribution in [-0.4, -0.2) is 37.3 Å². The summed E-state index contributed by atoms with van der Waals surface area (Å²) in [5.41, 5.74) is -0.0897. The molecular formula is C20H20BrNO5. The number of carbonyl (C=O) groups is 2. The number of ketones is 1. The predicted molar refractivity (Wildman–Crippen MR) is 103 cm³/mol. The maximum absolute atomic E-state index is 13.2. The van der Waals surface area contributed by atoms with E-state index in [0.717, 1.165) is 5.56 Å². The summed E-state index contributed by atoms with van der Waals surface area (Å²) in [7, 11) is 2.66. The maximum Gasteiger partial charge on any atom is 0.264 e. The summed E-state index contributed by atoms with van der Waals surface area (Å²) >= 11 is 3.37. The zero-order valence-electron chi connectivity index (χ0n) is 15.0. The SMILES string of the molecule is COC(OC)C(=O)C[C@]1(O)C(=O)N(Cc2ccccc2)c2ccc(Br)cc21. The molecule has 0 spiro atoms.